The summed E-state index contributed by atoms with van der Waals surface area (Å²) in [4.78, 5) is 0. The molecule has 0 aliphatic carbocycles. The Morgan fingerprint density at radius 3 is 1.31 bits per heavy atom. The summed E-state index contributed by atoms with van der Waals surface area (Å²) in [6.07, 6.45) is 0. The lowest BCUT2D eigenvalue weighted by atomic mass is 9.98. The Kier molecular flexibility index (Phi) is 6.62. The SMILES string of the molecule is N#Cc1ccc2cc(-n3c4ccccc4c4cc(-c5ccc(-c6ccc7c(c6)c6ccccc6n7-c6ccc7ccccc7c6)cc5)ccc43)ccc2c1. The van der Waals surface area contributed by atoms with Crippen molar-refractivity contribution in [3.05, 3.63) is 194 Å². The van der Waals surface area contributed by atoms with Crippen LogP contribution in [0.1, 0.15) is 5.56 Å². The number of rotatable bonds is 4. The Balaban J connectivity index is 0.974. The zero-order chi connectivity index (χ0) is 35.8. The third kappa shape index (κ3) is 4.68. The topological polar surface area (TPSA) is 33.6 Å². The summed E-state index contributed by atoms with van der Waals surface area (Å²) >= 11 is 0. The minimum atomic E-state index is 0.676. The van der Waals surface area contributed by atoms with E-state index in [1.54, 1.807) is 0 Å². The molecule has 0 saturated carbocycles. The van der Waals surface area contributed by atoms with Crippen molar-refractivity contribution in [2.75, 3.05) is 0 Å². The molecule has 250 valence electrons. The van der Waals surface area contributed by atoms with Crippen LogP contribution < -0.4 is 0 Å². The Morgan fingerprint density at radius 1 is 0.315 bits per heavy atom. The number of hydrogen-bond donors (Lipinski definition) is 0. The van der Waals surface area contributed by atoms with E-state index in [-0.39, 0.29) is 0 Å². The average Bonchev–Trinajstić information content (AvgIpc) is 3.75. The second-order valence-corrected chi connectivity index (χ2v) is 14.1. The van der Waals surface area contributed by atoms with E-state index in [1.165, 1.54) is 82.3 Å². The van der Waals surface area contributed by atoms with E-state index >= 15 is 0 Å². The summed E-state index contributed by atoms with van der Waals surface area (Å²) in [6.45, 7) is 0. The van der Waals surface area contributed by atoms with Crippen molar-refractivity contribution in [3.8, 4) is 39.7 Å². The molecule has 2 aromatic heterocycles. The molecule has 0 amide bonds. The van der Waals surface area contributed by atoms with Gasteiger partial charge in [0.25, 0.3) is 0 Å². The highest BCUT2D eigenvalue weighted by molar-refractivity contribution is 6.12. The third-order valence-electron chi connectivity index (χ3n) is 11.1. The molecule has 3 heteroatoms. The molecule has 3 nitrogen and oxygen atoms in total. The smallest absolute Gasteiger partial charge is 0.0991 e. The molecule has 0 aliphatic heterocycles. The van der Waals surface area contributed by atoms with Crippen molar-refractivity contribution in [1.82, 2.24) is 9.13 Å². The fourth-order valence-electron chi connectivity index (χ4n) is 8.47. The summed E-state index contributed by atoms with van der Waals surface area (Å²) < 4.78 is 4.74. The Bertz CT molecular complexity index is 3330. The first kappa shape index (κ1) is 30.2. The summed E-state index contributed by atoms with van der Waals surface area (Å²) in [5.74, 6) is 0. The molecule has 0 atom stereocenters. The van der Waals surface area contributed by atoms with Crippen LogP contribution in [0.5, 0.6) is 0 Å². The van der Waals surface area contributed by atoms with Crippen LogP contribution in [0.2, 0.25) is 0 Å². The molecular weight excluding hydrogens is 655 g/mol. The van der Waals surface area contributed by atoms with Crippen LogP contribution in [0.25, 0.3) is 98.8 Å². The van der Waals surface area contributed by atoms with E-state index in [4.69, 9.17) is 0 Å². The highest BCUT2D eigenvalue weighted by Gasteiger charge is 2.16. The number of benzene rings is 9. The Morgan fingerprint density at radius 2 is 0.741 bits per heavy atom. The van der Waals surface area contributed by atoms with Crippen molar-refractivity contribution in [1.29, 1.82) is 5.26 Å². The van der Waals surface area contributed by atoms with Gasteiger partial charge < -0.3 is 9.13 Å². The van der Waals surface area contributed by atoms with Gasteiger partial charge in [-0.15, -0.1) is 0 Å². The molecule has 0 unspecified atom stereocenters. The van der Waals surface area contributed by atoms with Gasteiger partial charge in [0, 0.05) is 32.9 Å². The zero-order valence-electron chi connectivity index (χ0n) is 29.2. The van der Waals surface area contributed by atoms with Gasteiger partial charge >= 0.3 is 0 Å². The van der Waals surface area contributed by atoms with E-state index in [0.29, 0.717) is 5.56 Å². The number of nitriles is 1. The van der Waals surface area contributed by atoms with Crippen LogP contribution in [-0.2, 0) is 0 Å². The molecule has 0 fully saturated rings. The number of fused-ring (bicyclic) bond motifs is 8. The quantitative estimate of drug-likeness (QED) is 0.182. The minimum Gasteiger partial charge on any atom is -0.309 e. The van der Waals surface area contributed by atoms with E-state index in [1.807, 2.05) is 18.2 Å². The van der Waals surface area contributed by atoms with Crippen LogP contribution in [0.4, 0.5) is 0 Å². The van der Waals surface area contributed by atoms with Gasteiger partial charge in [0.2, 0.25) is 0 Å². The fraction of sp³-hybridized carbons (Fsp3) is 0. The monoisotopic (exact) mass is 685 g/mol. The Hall–Kier alpha value is -7.41. The first-order valence-electron chi connectivity index (χ1n) is 18.3. The second-order valence-electron chi connectivity index (χ2n) is 14.1. The maximum atomic E-state index is 9.38. The van der Waals surface area contributed by atoms with Crippen molar-refractivity contribution in [3.63, 3.8) is 0 Å². The van der Waals surface area contributed by atoms with Gasteiger partial charge in [-0.05, 0) is 117 Å². The fourth-order valence-corrected chi connectivity index (χ4v) is 8.47. The van der Waals surface area contributed by atoms with Gasteiger partial charge in [-0.25, -0.2) is 0 Å². The van der Waals surface area contributed by atoms with Gasteiger partial charge in [-0.1, -0.05) is 115 Å². The second kappa shape index (κ2) is 11.8. The van der Waals surface area contributed by atoms with Crippen molar-refractivity contribution in [2.45, 2.75) is 0 Å². The highest BCUT2D eigenvalue weighted by atomic mass is 15.0. The standard InChI is InChI=1S/C51H31N3/c52-32-33-13-14-39-29-43(24-20-38(39)27-33)54-49-12-6-4-10-45(49)47-31-41(22-26-51(47)54)36-17-15-35(16-18-36)40-21-25-50-46(30-40)44-9-3-5-11-48(44)53(50)42-23-19-34-7-1-2-8-37(34)28-42/h1-31H. The van der Waals surface area contributed by atoms with Crippen LogP contribution in [-0.4, -0.2) is 9.13 Å². The molecular formula is C51H31N3. The predicted molar refractivity (Wildman–Crippen MR) is 226 cm³/mol. The molecule has 2 heterocycles. The number of hydrogen-bond acceptors (Lipinski definition) is 1. The molecule has 11 rings (SSSR count). The molecule has 0 N–H and O–H groups in total. The van der Waals surface area contributed by atoms with Crippen molar-refractivity contribution in [2.24, 2.45) is 0 Å². The van der Waals surface area contributed by atoms with Crippen molar-refractivity contribution < 1.29 is 0 Å². The Labute approximate surface area is 311 Å². The molecule has 0 radical (unpaired) electrons. The van der Waals surface area contributed by atoms with Gasteiger partial charge in [-0.2, -0.15) is 5.26 Å². The summed E-state index contributed by atoms with van der Waals surface area (Å²) in [6, 6.07) is 70.0. The molecule has 11 aromatic rings. The summed E-state index contributed by atoms with van der Waals surface area (Å²) in [5, 5.41) is 19.0. The van der Waals surface area contributed by atoms with Crippen LogP contribution >= 0.6 is 0 Å². The van der Waals surface area contributed by atoms with Gasteiger partial charge in [0.15, 0.2) is 0 Å². The molecule has 0 bridgehead atoms. The molecule has 0 saturated heterocycles. The van der Waals surface area contributed by atoms with Crippen LogP contribution in [0.3, 0.4) is 0 Å². The number of aromatic nitrogens is 2. The lowest BCUT2D eigenvalue weighted by Crippen LogP contribution is -1.94. The maximum absolute atomic E-state index is 9.38. The summed E-state index contributed by atoms with van der Waals surface area (Å²) in [5.41, 5.74) is 12.5. The maximum Gasteiger partial charge on any atom is 0.0991 e. The lowest BCUT2D eigenvalue weighted by molar-refractivity contribution is 1.19. The normalized spacial score (nSPS) is 11.7. The number of para-hydroxylation sites is 2. The van der Waals surface area contributed by atoms with E-state index < -0.39 is 0 Å². The highest BCUT2D eigenvalue weighted by Crippen LogP contribution is 2.38. The van der Waals surface area contributed by atoms with Gasteiger partial charge in [0.1, 0.15) is 0 Å². The van der Waals surface area contributed by atoms with Crippen LogP contribution in [0.15, 0.2) is 188 Å². The van der Waals surface area contributed by atoms with E-state index in [9.17, 15) is 5.26 Å². The van der Waals surface area contributed by atoms with Crippen molar-refractivity contribution >= 4 is 65.2 Å². The zero-order valence-corrected chi connectivity index (χ0v) is 29.2. The van der Waals surface area contributed by atoms with Gasteiger partial charge in [0.05, 0.1) is 33.7 Å². The first-order valence-corrected chi connectivity index (χ1v) is 18.3. The summed E-state index contributed by atoms with van der Waals surface area (Å²) in [7, 11) is 0. The molecule has 0 spiro atoms. The predicted octanol–water partition coefficient (Wildman–Crippen LogP) is 13.4. The average molecular weight is 686 g/mol. The third-order valence-corrected chi connectivity index (χ3v) is 11.1. The van der Waals surface area contributed by atoms with Crippen LogP contribution in [0, 0.1) is 11.3 Å². The largest absolute Gasteiger partial charge is 0.309 e. The van der Waals surface area contributed by atoms with E-state index in [2.05, 4.69) is 185 Å². The molecule has 54 heavy (non-hydrogen) atoms. The lowest BCUT2D eigenvalue weighted by Gasteiger charge is -2.11. The molecule has 0 aliphatic rings. The number of nitrogens with zero attached hydrogens (tertiary/aromatic N) is 3. The minimum absolute atomic E-state index is 0.676. The van der Waals surface area contributed by atoms with E-state index in [0.717, 1.165) is 16.5 Å². The van der Waals surface area contributed by atoms with Gasteiger partial charge in [-0.3, -0.25) is 0 Å². The first-order chi connectivity index (χ1) is 26.7. The molecule has 9 aromatic carbocycles.